The number of ether oxygens (including phenoxy) is 2. The van der Waals surface area contributed by atoms with E-state index in [1.165, 1.54) is 5.56 Å². The van der Waals surface area contributed by atoms with Gasteiger partial charge in [-0.05, 0) is 74.4 Å². The summed E-state index contributed by atoms with van der Waals surface area (Å²) >= 11 is 5.23. The zero-order valence-electron chi connectivity index (χ0n) is 15.3. The average molecular weight is 372 g/mol. The van der Waals surface area contributed by atoms with Crippen LogP contribution in [0, 0.1) is 13.8 Å². The van der Waals surface area contributed by atoms with Gasteiger partial charge in [0.1, 0.15) is 12.4 Å². The number of carbonyl (C=O) groups is 1. The first-order valence-corrected chi connectivity index (χ1v) is 8.90. The van der Waals surface area contributed by atoms with E-state index in [2.05, 4.69) is 10.6 Å². The predicted octanol–water partition coefficient (Wildman–Crippen LogP) is 3.85. The number of thiocarbonyl (C=S) groups is 1. The summed E-state index contributed by atoms with van der Waals surface area (Å²) in [6, 6.07) is 12.9. The highest BCUT2D eigenvalue weighted by Crippen LogP contribution is 2.15. The van der Waals surface area contributed by atoms with Gasteiger partial charge in [0.2, 0.25) is 0 Å². The minimum Gasteiger partial charge on any atom is -0.491 e. The lowest BCUT2D eigenvalue weighted by atomic mass is 10.1. The van der Waals surface area contributed by atoms with Crippen molar-refractivity contribution in [1.29, 1.82) is 0 Å². The van der Waals surface area contributed by atoms with Crippen LogP contribution in [-0.2, 0) is 4.74 Å². The highest BCUT2D eigenvalue weighted by atomic mass is 32.1. The van der Waals surface area contributed by atoms with Crippen LogP contribution in [0.4, 0.5) is 5.69 Å². The zero-order valence-corrected chi connectivity index (χ0v) is 16.1. The molecule has 2 rings (SSSR count). The van der Waals surface area contributed by atoms with Gasteiger partial charge in [0.15, 0.2) is 5.11 Å². The molecule has 1 amide bonds. The molecule has 0 spiro atoms. The van der Waals surface area contributed by atoms with Crippen molar-refractivity contribution < 1.29 is 14.3 Å². The van der Waals surface area contributed by atoms with E-state index >= 15 is 0 Å². The van der Waals surface area contributed by atoms with Crippen molar-refractivity contribution >= 4 is 28.9 Å². The molecule has 0 aliphatic rings. The molecule has 0 radical (unpaired) electrons. The van der Waals surface area contributed by atoms with Crippen molar-refractivity contribution in [3.63, 3.8) is 0 Å². The molecule has 6 heteroatoms. The van der Waals surface area contributed by atoms with Crippen molar-refractivity contribution in [2.24, 2.45) is 0 Å². The molecule has 26 heavy (non-hydrogen) atoms. The van der Waals surface area contributed by atoms with Gasteiger partial charge >= 0.3 is 0 Å². The summed E-state index contributed by atoms with van der Waals surface area (Å²) in [4.78, 5) is 12.4. The van der Waals surface area contributed by atoms with Crippen LogP contribution in [0.5, 0.6) is 5.75 Å². The van der Waals surface area contributed by atoms with Gasteiger partial charge in [0.25, 0.3) is 5.91 Å². The lowest BCUT2D eigenvalue weighted by Gasteiger charge is -2.12. The van der Waals surface area contributed by atoms with E-state index in [9.17, 15) is 4.79 Å². The van der Waals surface area contributed by atoms with Gasteiger partial charge in [-0.25, -0.2) is 0 Å². The van der Waals surface area contributed by atoms with Gasteiger partial charge in [0, 0.05) is 17.9 Å². The quantitative estimate of drug-likeness (QED) is 0.571. The largest absolute Gasteiger partial charge is 0.491 e. The molecule has 138 valence electrons. The Bertz CT molecular complexity index is 777. The molecule has 0 saturated heterocycles. The Morgan fingerprint density at radius 1 is 1.08 bits per heavy atom. The summed E-state index contributed by atoms with van der Waals surface area (Å²) in [6.07, 6.45) is 0. The number of nitrogens with one attached hydrogen (secondary N) is 2. The molecular weight excluding hydrogens is 348 g/mol. The van der Waals surface area contributed by atoms with Crippen molar-refractivity contribution in [2.75, 3.05) is 25.1 Å². The highest BCUT2D eigenvalue weighted by Gasteiger charge is 2.09. The Balaban J connectivity index is 1.91. The monoisotopic (exact) mass is 372 g/mol. The summed E-state index contributed by atoms with van der Waals surface area (Å²) < 4.78 is 10.8. The summed E-state index contributed by atoms with van der Waals surface area (Å²) in [5.41, 5.74) is 3.67. The van der Waals surface area contributed by atoms with Crippen LogP contribution >= 0.6 is 12.2 Å². The molecule has 0 aliphatic carbocycles. The van der Waals surface area contributed by atoms with Crippen LogP contribution in [0.3, 0.4) is 0 Å². The van der Waals surface area contributed by atoms with Gasteiger partial charge in [-0.2, -0.15) is 0 Å². The van der Waals surface area contributed by atoms with Crippen molar-refractivity contribution in [3.05, 3.63) is 59.2 Å². The number of hydrogen-bond acceptors (Lipinski definition) is 4. The van der Waals surface area contributed by atoms with Gasteiger partial charge < -0.3 is 14.8 Å². The van der Waals surface area contributed by atoms with Crippen LogP contribution in [-0.4, -0.2) is 30.8 Å². The third kappa shape index (κ3) is 6.13. The fourth-order valence-electron chi connectivity index (χ4n) is 2.25. The van der Waals surface area contributed by atoms with Gasteiger partial charge in [0.05, 0.1) is 6.61 Å². The number of benzene rings is 2. The number of hydrogen-bond donors (Lipinski definition) is 2. The van der Waals surface area contributed by atoms with Crippen molar-refractivity contribution in [2.45, 2.75) is 20.8 Å². The third-order valence-corrected chi connectivity index (χ3v) is 3.99. The van der Waals surface area contributed by atoms with E-state index in [-0.39, 0.29) is 11.0 Å². The van der Waals surface area contributed by atoms with Crippen molar-refractivity contribution in [1.82, 2.24) is 5.32 Å². The first kappa shape index (κ1) is 19.9. The molecule has 0 atom stereocenters. The predicted molar refractivity (Wildman–Crippen MR) is 108 cm³/mol. The number of rotatable bonds is 7. The molecule has 0 aliphatic heterocycles. The van der Waals surface area contributed by atoms with Crippen LogP contribution in [0.2, 0.25) is 0 Å². The summed E-state index contributed by atoms with van der Waals surface area (Å²) in [5, 5.41) is 5.96. The first-order valence-electron chi connectivity index (χ1n) is 8.49. The van der Waals surface area contributed by atoms with E-state index in [1.807, 2.05) is 39.0 Å². The average Bonchev–Trinajstić information content (AvgIpc) is 2.62. The lowest BCUT2D eigenvalue weighted by molar-refractivity contribution is 0.0976. The number of carbonyl (C=O) groups excluding carboxylic acids is 1. The molecule has 0 unspecified atom stereocenters. The summed E-state index contributed by atoms with van der Waals surface area (Å²) in [6.45, 7) is 7.60. The van der Waals surface area contributed by atoms with Crippen LogP contribution < -0.4 is 15.4 Å². The van der Waals surface area contributed by atoms with Gasteiger partial charge in [-0.3, -0.25) is 10.1 Å². The number of anilines is 1. The normalized spacial score (nSPS) is 10.3. The smallest absolute Gasteiger partial charge is 0.257 e. The third-order valence-electron chi connectivity index (χ3n) is 3.79. The Hall–Kier alpha value is -2.44. The van der Waals surface area contributed by atoms with E-state index in [0.29, 0.717) is 31.1 Å². The first-order chi connectivity index (χ1) is 12.5. The minimum atomic E-state index is -0.290. The SMILES string of the molecule is CCOCCOc1cccc(C(=O)NC(=S)Nc2ccc(C)c(C)c2)c1. The minimum absolute atomic E-state index is 0.251. The highest BCUT2D eigenvalue weighted by molar-refractivity contribution is 7.80. The second-order valence-electron chi connectivity index (χ2n) is 5.78. The fraction of sp³-hybridized carbons (Fsp3) is 0.300. The Morgan fingerprint density at radius 3 is 2.62 bits per heavy atom. The molecule has 0 heterocycles. The van der Waals surface area contributed by atoms with E-state index in [1.54, 1.807) is 24.3 Å². The van der Waals surface area contributed by atoms with E-state index in [4.69, 9.17) is 21.7 Å². The maximum atomic E-state index is 12.4. The summed E-state index contributed by atoms with van der Waals surface area (Å²) in [5.74, 6) is 0.326. The maximum Gasteiger partial charge on any atom is 0.257 e. The topological polar surface area (TPSA) is 59.6 Å². The second-order valence-corrected chi connectivity index (χ2v) is 6.19. The van der Waals surface area contributed by atoms with Crippen LogP contribution in [0.1, 0.15) is 28.4 Å². The molecular formula is C20H24N2O3S. The molecule has 5 nitrogen and oxygen atoms in total. The fourth-order valence-corrected chi connectivity index (χ4v) is 2.46. The maximum absolute atomic E-state index is 12.4. The number of amides is 1. The van der Waals surface area contributed by atoms with E-state index in [0.717, 1.165) is 11.3 Å². The molecule has 2 aromatic rings. The van der Waals surface area contributed by atoms with Gasteiger partial charge in [-0.15, -0.1) is 0 Å². The second kappa shape index (κ2) is 9.89. The van der Waals surface area contributed by atoms with Crippen LogP contribution in [0.15, 0.2) is 42.5 Å². The standard InChI is InChI=1S/C20H24N2O3S/c1-4-24-10-11-25-18-7-5-6-16(13-18)19(23)22-20(26)21-17-9-8-14(2)15(3)12-17/h5-9,12-13H,4,10-11H2,1-3H3,(H2,21,22,23,26). The number of aryl methyl sites for hydroxylation is 2. The Kier molecular flexibility index (Phi) is 7.56. The Labute approximate surface area is 159 Å². The van der Waals surface area contributed by atoms with E-state index < -0.39 is 0 Å². The molecule has 0 saturated carbocycles. The van der Waals surface area contributed by atoms with Crippen LogP contribution in [0.25, 0.3) is 0 Å². The molecule has 2 aromatic carbocycles. The Morgan fingerprint density at radius 2 is 1.88 bits per heavy atom. The molecule has 0 fully saturated rings. The molecule has 0 bridgehead atoms. The zero-order chi connectivity index (χ0) is 18.9. The summed E-state index contributed by atoms with van der Waals surface area (Å²) in [7, 11) is 0. The van der Waals surface area contributed by atoms with Crippen molar-refractivity contribution in [3.8, 4) is 5.75 Å². The lowest BCUT2D eigenvalue weighted by Crippen LogP contribution is -2.34. The molecule has 2 N–H and O–H groups in total. The molecule has 0 aromatic heterocycles. The van der Waals surface area contributed by atoms with Gasteiger partial charge in [-0.1, -0.05) is 12.1 Å².